The van der Waals surface area contributed by atoms with E-state index in [0.717, 1.165) is 23.2 Å². The van der Waals surface area contributed by atoms with Crippen LogP contribution in [0.3, 0.4) is 0 Å². The second-order valence-corrected chi connectivity index (χ2v) is 8.04. The average Bonchev–Trinajstić information content (AvgIpc) is 3.21. The predicted octanol–water partition coefficient (Wildman–Crippen LogP) is 6.43. The van der Waals surface area contributed by atoms with Gasteiger partial charge in [0, 0.05) is 42.1 Å². The van der Waals surface area contributed by atoms with E-state index < -0.39 is 17.8 Å². The molecule has 2 heterocycles. The van der Waals surface area contributed by atoms with E-state index in [2.05, 4.69) is 29.5 Å². The van der Waals surface area contributed by atoms with Crippen LogP contribution in [0.1, 0.15) is 25.1 Å². The SMILES string of the molecule is CC(C)NCc1cc(Oc2ccc3c(ccn3C(=O)Nc3cccc(C(F)(F)F)c3)c2)ccn1. The third kappa shape index (κ3) is 5.55. The summed E-state index contributed by atoms with van der Waals surface area (Å²) in [4.78, 5) is 17.0. The zero-order valence-electron chi connectivity index (χ0n) is 18.6. The number of rotatable bonds is 6. The van der Waals surface area contributed by atoms with Gasteiger partial charge < -0.3 is 15.4 Å². The van der Waals surface area contributed by atoms with E-state index >= 15 is 0 Å². The molecule has 4 aromatic rings. The predicted molar refractivity (Wildman–Crippen MR) is 124 cm³/mol. The fourth-order valence-corrected chi connectivity index (χ4v) is 3.38. The molecule has 0 fully saturated rings. The quantitative estimate of drug-likeness (QED) is 0.342. The molecule has 4 rings (SSSR count). The Morgan fingerprint density at radius 2 is 1.85 bits per heavy atom. The Kier molecular flexibility index (Phi) is 6.56. The Morgan fingerprint density at radius 3 is 2.62 bits per heavy atom. The molecule has 0 aliphatic rings. The zero-order chi connectivity index (χ0) is 24.3. The van der Waals surface area contributed by atoms with Crippen LogP contribution >= 0.6 is 0 Å². The van der Waals surface area contributed by atoms with Gasteiger partial charge in [0.15, 0.2) is 0 Å². The van der Waals surface area contributed by atoms with Crippen molar-refractivity contribution >= 4 is 22.6 Å². The second-order valence-electron chi connectivity index (χ2n) is 8.04. The number of fused-ring (bicyclic) bond motifs is 1. The molecule has 0 spiro atoms. The van der Waals surface area contributed by atoms with E-state index in [-0.39, 0.29) is 5.69 Å². The number of hydrogen-bond donors (Lipinski definition) is 2. The van der Waals surface area contributed by atoms with Gasteiger partial charge >= 0.3 is 12.2 Å². The van der Waals surface area contributed by atoms with Crippen molar-refractivity contribution in [3.63, 3.8) is 0 Å². The summed E-state index contributed by atoms with van der Waals surface area (Å²) >= 11 is 0. The first-order valence-electron chi connectivity index (χ1n) is 10.6. The number of alkyl halides is 3. The largest absolute Gasteiger partial charge is 0.457 e. The van der Waals surface area contributed by atoms with Gasteiger partial charge in [-0.15, -0.1) is 0 Å². The topological polar surface area (TPSA) is 68.2 Å². The van der Waals surface area contributed by atoms with Gasteiger partial charge in [-0.2, -0.15) is 13.2 Å². The number of hydrogen-bond acceptors (Lipinski definition) is 4. The van der Waals surface area contributed by atoms with Gasteiger partial charge in [0.1, 0.15) is 11.5 Å². The summed E-state index contributed by atoms with van der Waals surface area (Å²) in [6.07, 6.45) is -1.25. The molecule has 176 valence electrons. The lowest BCUT2D eigenvalue weighted by molar-refractivity contribution is -0.137. The summed E-state index contributed by atoms with van der Waals surface area (Å²) in [5.74, 6) is 1.22. The minimum absolute atomic E-state index is 0.0575. The Balaban J connectivity index is 1.49. The molecular formula is C25H23F3N4O2. The number of carbonyl (C=O) groups excluding carboxylic acids is 1. The van der Waals surface area contributed by atoms with Crippen LogP contribution in [0.4, 0.5) is 23.7 Å². The van der Waals surface area contributed by atoms with Gasteiger partial charge in [-0.1, -0.05) is 19.9 Å². The first kappa shape index (κ1) is 23.3. The third-order valence-corrected chi connectivity index (χ3v) is 5.04. The van der Waals surface area contributed by atoms with Crippen molar-refractivity contribution in [3.05, 3.63) is 84.3 Å². The molecule has 9 heteroatoms. The summed E-state index contributed by atoms with van der Waals surface area (Å²) in [7, 11) is 0. The van der Waals surface area contributed by atoms with E-state index in [0.29, 0.717) is 29.6 Å². The lowest BCUT2D eigenvalue weighted by Gasteiger charge is -2.11. The summed E-state index contributed by atoms with van der Waals surface area (Å²) in [5.41, 5.74) is 0.670. The standard InChI is InChI=1S/C25H23F3N4O2/c1-16(2)30-15-20-14-22(8-10-29-20)34-21-6-7-23-17(12-21)9-11-32(23)24(33)31-19-5-3-4-18(13-19)25(26,27)28/h3-14,16,30H,15H2,1-2H3,(H,31,33). The van der Waals surface area contributed by atoms with Gasteiger partial charge in [-0.05, 0) is 48.5 Å². The minimum Gasteiger partial charge on any atom is -0.457 e. The van der Waals surface area contributed by atoms with Crippen molar-refractivity contribution in [1.29, 1.82) is 0 Å². The smallest absolute Gasteiger partial charge is 0.416 e. The average molecular weight is 468 g/mol. The molecule has 6 nitrogen and oxygen atoms in total. The molecule has 0 aliphatic heterocycles. The number of nitrogens with one attached hydrogen (secondary N) is 2. The van der Waals surface area contributed by atoms with Crippen LogP contribution in [0.25, 0.3) is 10.9 Å². The number of ether oxygens (including phenoxy) is 1. The van der Waals surface area contributed by atoms with Crippen LogP contribution in [0.2, 0.25) is 0 Å². The number of anilines is 1. The molecule has 1 amide bonds. The molecule has 2 aromatic carbocycles. The first-order valence-corrected chi connectivity index (χ1v) is 10.6. The summed E-state index contributed by atoms with van der Waals surface area (Å²) < 4.78 is 46.1. The molecule has 2 aromatic heterocycles. The monoisotopic (exact) mass is 468 g/mol. The number of pyridine rings is 1. The third-order valence-electron chi connectivity index (χ3n) is 5.04. The van der Waals surface area contributed by atoms with Crippen molar-refractivity contribution < 1.29 is 22.7 Å². The number of aromatic nitrogens is 2. The molecule has 34 heavy (non-hydrogen) atoms. The van der Waals surface area contributed by atoms with Crippen molar-refractivity contribution in [3.8, 4) is 11.5 Å². The van der Waals surface area contributed by atoms with Crippen molar-refractivity contribution in [1.82, 2.24) is 14.9 Å². The maximum absolute atomic E-state index is 12.9. The fraction of sp³-hybridized carbons (Fsp3) is 0.200. The molecular weight excluding hydrogens is 445 g/mol. The molecule has 0 saturated carbocycles. The molecule has 0 radical (unpaired) electrons. The number of amides is 1. The first-order chi connectivity index (χ1) is 16.2. The van der Waals surface area contributed by atoms with Gasteiger partial charge in [0.25, 0.3) is 0 Å². The Bertz CT molecular complexity index is 1320. The van der Waals surface area contributed by atoms with E-state index in [1.807, 2.05) is 6.07 Å². The number of carbonyl (C=O) groups is 1. The molecule has 0 unspecified atom stereocenters. The normalized spacial score (nSPS) is 11.7. The van der Waals surface area contributed by atoms with Gasteiger partial charge in [0.2, 0.25) is 0 Å². The van der Waals surface area contributed by atoms with E-state index in [1.54, 1.807) is 42.7 Å². The Hall–Kier alpha value is -3.85. The second kappa shape index (κ2) is 9.56. The number of benzene rings is 2. The molecule has 0 atom stereocenters. The highest BCUT2D eigenvalue weighted by Crippen LogP contribution is 2.31. The van der Waals surface area contributed by atoms with Gasteiger partial charge in [-0.25, -0.2) is 4.79 Å². The van der Waals surface area contributed by atoms with Gasteiger partial charge in [-0.3, -0.25) is 9.55 Å². The van der Waals surface area contributed by atoms with E-state index in [4.69, 9.17) is 4.74 Å². The molecule has 0 saturated heterocycles. The summed E-state index contributed by atoms with van der Waals surface area (Å²) in [5, 5.41) is 6.56. The lowest BCUT2D eigenvalue weighted by Crippen LogP contribution is -2.22. The molecule has 2 N–H and O–H groups in total. The molecule has 0 bridgehead atoms. The number of nitrogens with zero attached hydrogens (tertiary/aromatic N) is 2. The Labute approximate surface area is 194 Å². The van der Waals surface area contributed by atoms with Crippen molar-refractivity contribution in [2.24, 2.45) is 0 Å². The maximum Gasteiger partial charge on any atom is 0.416 e. The van der Waals surface area contributed by atoms with Crippen LogP contribution in [0.15, 0.2) is 73.1 Å². The summed E-state index contributed by atoms with van der Waals surface area (Å²) in [6, 6.07) is 14.9. The number of halogens is 3. The van der Waals surface area contributed by atoms with Crippen LogP contribution in [0.5, 0.6) is 11.5 Å². The van der Waals surface area contributed by atoms with Crippen LogP contribution in [-0.4, -0.2) is 21.6 Å². The van der Waals surface area contributed by atoms with Crippen LogP contribution in [-0.2, 0) is 12.7 Å². The van der Waals surface area contributed by atoms with E-state index in [1.165, 1.54) is 16.7 Å². The van der Waals surface area contributed by atoms with Crippen LogP contribution in [0, 0.1) is 0 Å². The van der Waals surface area contributed by atoms with Gasteiger partial charge in [0.05, 0.1) is 16.8 Å². The zero-order valence-corrected chi connectivity index (χ0v) is 18.6. The lowest BCUT2D eigenvalue weighted by atomic mass is 10.2. The summed E-state index contributed by atoms with van der Waals surface area (Å²) in [6.45, 7) is 4.74. The highest BCUT2D eigenvalue weighted by atomic mass is 19.4. The Morgan fingerprint density at radius 1 is 1.06 bits per heavy atom. The highest BCUT2D eigenvalue weighted by molar-refractivity contribution is 5.98. The molecule has 0 aliphatic carbocycles. The highest BCUT2D eigenvalue weighted by Gasteiger charge is 2.30. The maximum atomic E-state index is 12.9. The van der Waals surface area contributed by atoms with Crippen molar-refractivity contribution in [2.75, 3.05) is 5.32 Å². The van der Waals surface area contributed by atoms with Crippen molar-refractivity contribution in [2.45, 2.75) is 32.6 Å². The fourth-order valence-electron chi connectivity index (χ4n) is 3.38. The minimum atomic E-state index is -4.49. The van der Waals surface area contributed by atoms with Crippen LogP contribution < -0.4 is 15.4 Å². The van der Waals surface area contributed by atoms with E-state index in [9.17, 15) is 18.0 Å².